The minimum absolute atomic E-state index is 0.312. The molecule has 0 heterocycles. The summed E-state index contributed by atoms with van der Waals surface area (Å²) in [4.78, 5) is 0. The van der Waals surface area contributed by atoms with Crippen molar-refractivity contribution >= 4 is 33.2 Å². The van der Waals surface area contributed by atoms with Gasteiger partial charge in [-0.25, -0.2) is 4.39 Å². The SMILES string of the molecule is COc1ccc(NCc2ccc(Cl)cc2F)cc1Br. The van der Waals surface area contributed by atoms with Crippen molar-refractivity contribution in [2.24, 2.45) is 0 Å². The summed E-state index contributed by atoms with van der Waals surface area (Å²) in [6.07, 6.45) is 0. The average Bonchev–Trinajstić information content (AvgIpc) is 2.38. The molecule has 1 N–H and O–H groups in total. The predicted octanol–water partition coefficient (Wildman–Crippen LogP) is 4.86. The van der Waals surface area contributed by atoms with Crippen molar-refractivity contribution in [2.75, 3.05) is 12.4 Å². The lowest BCUT2D eigenvalue weighted by Gasteiger charge is -2.10. The summed E-state index contributed by atoms with van der Waals surface area (Å²) in [6.45, 7) is 0.391. The third-order valence-corrected chi connectivity index (χ3v) is 3.50. The van der Waals surface area contributed by atoms with E-state index in [9.17, 15) is 4.39 Å². The van der Waals surface area contributed by atoms with E-state index in [4.69, 9.17) is 16.3 Å². The van der Waals surface area contributed by atoms with Crippen molar-refractivity contribution in [3.05, 3.63) is 57.3 Å². The molecule has 0 spiro atoms. The van der Waals surface area contributed by atoms with Crippen LogP contribution in [0.4, 0.5) is 10.1 Å². The molecule has 0 atom stereocenters. The van der Waals surface area contributed by atoms with Crippen LogP contribution >= 0.6 is 27.5 Å². The van der Waals surface area contributed by atoms with Crippen molar-refractivity contribution in [1.82, 2.24) is 0 Å². The summed E-state index contributed by atoms with van der Waals surface area (Å²) in [6, 6.07) is 10.2. The Bertz CT molecular complexity index is 592. The van der Waals surface area contributed by atoms with Crippen molar-refractivity contribution in [3.8, 4) is 5.75 Å². The molecule has 0 unspecified atom stereocenters. The summed E-state index contributed by atoms with van der Waals surface area (Å²) in [5, 5.41) is 3.54. The van der Waals surface area contributed by atoms with Crippen molar-refractivity contribution in [1.29, 1.82) is 0 Å². The van der Waals surface area contributed by atoms with E-state index in [0.29, 0.717) is 17.1 Å². The first-order chi connectivity index (χ1) is 9.10. The largest absolute Gasteiger partial charge is 0.496 e. The molecule has 0 fully saturated rings. The Labute approximate surface area is 124 Å². The van der Waals surface area contributed by atoms with E-state index in [-0.39, 0.29) is 5.82 Å². The molecular weight excluding hydrogens is 333 g/mol. The van der Waals surface area contributed by atoms with Gasteiger partial charge >= 0.3 is 0 Å². The quantitative estimate of drug-likeness (QED) is 0.855. The van der Waals surface area contributed by atoms with Gasteiger partial charge < -0.3 is 10.1 Å². The van der Waals surface area contributed by atoms with Gasteiger partial charge in [0.15, 0.2) is 0 Å². The van der Waals surface area contributed by atoms with E-state index in [2.05, 4.69) is 21.2 Å². The second-order valence-electron chi connectivity index (χ2n) is 3.94. The topological polar surface area (TPSA) is 21.3 Å². The maximum Gasteiger partial charge on any atom is 0.133 e. The zero-order chi connectivity index (χ0) is 13.8. The van der Waals surface area contributed by atoms with Crippen molar-refractivity contribution in [3.63, 3.8) is 0 Å². The molecule has 2 rings (SSSR count). The van der Waals surface area contributed by atoms with Crippen molar-refractivity contribution < 1.29 is 9.13 Å². The van der Waals surface area contributed by atoms with Crippen LogP contribution in [0.15, 0.2) is 40.9 Å². The van der Waals surface area contributed by atoms with E-state index >= 15 is 0 Å². The van der Waals surface area contributed by atoms with Gasteiger partial charge in [-0.2, -0.15) is 0 Å². The average molecular weight is 345 g/mol. The maximum atomic E-state index is 13.6. The Kier molecular flexibility index (Phi) is 4.66. The lowest BCUT2D eigenvalue weighted by Crippen LogP contribution is -2.01. The summed E-state index contributed by atoms with van der Waals surface area (Å²) in [5.41, 5.74) is 1.44. The smallest absolute Gasteiger partial charge is 0.133 e. The highest BCUT2D eigenvalue weighted by Gasteiger charge is 2.04. The Morgan fingerprint density at radius 1 is 1.26 bits per heavy atom. The maximum absolute atomic E-state index is 13.6. The van der Waals surface area contributed by atoms with Crippen LogP contribution in [-0.2, 0) is 6.54 Å². The van der Waals surface area contributed by atoms with E-state index < -0.39 is 0 Å². The minimum atomic E-state index is -0.312. The minimum Gasteiger partial charge on any atom is -0.496 e. The summed E-state index contributed by atoms with van der Waals surface area (Å²) in [7, 11) is 1.61. The lowest BCUT2D eigenvalue weighted by molar-refractivity contribution is 0.412. The molecule has 0 radical (unpaired) electrons. The fourth-order valence-electron chi connectivity index (χ4n) is 1.64. The highest BCUT2D eigenvalue weighted by molar-refractivity contribution is 9.10. The highest BCUT2D eigenvalue weighted by atomic mass is 79.9. The number of benzene rings is 2. The van der Waals surface area contributed by atoms with Gasteiger partial charge in [0.1, 0.15) is 11.6 Å². The van der Waals surface area contributed by atoms with Gasteiger partial charge in [-0.05, 0) is 46.3 Å². The van der Waals surface area contributed by atoms with Crippen LogP contribution in [0.25, 0.3) is 0 Å². The molecule has 2 aromatic rings. The van der Waals surface area contributed by atoms with E-state index in [0.717, 1.165) is 15.9 Å². The van der Waals surface area contributed by atoms with Crippen LogP contribution in [0.5, 0.6) is 5.75 Å². The van der Waals surface area contributed by atoms with Gasteiger partial charge in [0.25, 0.3) is 0 Å². The monoisotopic (exact) mass is 343 g/mol. The molecule has 2 nitrogen and oxygen atoms in total. The fraction of sp³-hybridized carbons (Fsp3) is 0.143. The van der Waals surface area contributed by atoms with Crippen LogP contribution in [0.3, 0.4) is 0 Å². The zero-order valence-electron chi connectivity index (χ0n) is 10.2. The number of anilines is 1. The van der Waals surface area contributed by atoms with Gasteiger partial charge in [-0.15, -0.1) is 0 Å². The van der Waals surface area contributed by atoms with Crippen LogP contribution in [-0.4, -0.2) is 7.11 Å². The lowest BCUT2D eigenvalue weighted by atomic mass is 10.2. The first-order valence-corrected chi connectivity index (χ1v) is 6.78. The number of halogens is 3. The molecule has 0 bridgehead atoms. The van der Waals surface area contributed by atoms with E-state index in [1.165, 1.54) is 6.07 Å². The van der Waals surface area contributed by atoms with E-state index in [1.54, 1.807) is 19.2 Å². The molecule has 0 aliphatic rings. The number of hydrogen-bond donors (Lipinski definition) is 1. The molecule has 5 heteroatoms. The molecule has 2 aromatic carbocycles. The molecule has 0 aliphatic heterocycles. The molecule has 0 amide bonds. The summed E-state index contributed by atoms with van der Waals surface area (Å²) < 4.78 is 19.6. The molecule has 0 saturated heterocycles. The summed E-state index contributed by atoms with van der Waals surface area (Å²) in [5.74, 6) is 0.441. The van der Waals surface area contributed by atoms with Gasteiger partial charge in [0.05, 0.1) is 11.6 Å². The van der Waals surface area contributed by atoms with Crippen LogP contribution in [0.1, 0.15) is 5.56 Å². The van der Waals surface area contributed by atoms with Gasteiger partial charge in [-0.1, -0.05) is 17.7 Å². The van der Waals surface area contributed by atoms with E-state index in [1.807, 2.05) is 18.2 Å². The summed E-state index contributed by atoms with van der Waals surface area (Å²) >= 11 is 9.11. The van der Waals surface area contributed by atoms with Gasteiger partial charge in [0, 0.05) is 22.8 Å². The number of rotatable bonds is 4. The van der Waals surface area contributed by atoms with Crippen LogP contribution in [0, 0.1) is 5.82 Å². The van der Waals surface area contributed by atoms with Gasteiger partial charge in [-0.3, -0.25) is 0 Å². The predicted molar refractivity (Wildman–Crippen MR) is 79.4 cm³/mol. The Balaban J connectivity index is 2.08. The number of ether oxygens (including phenoxy) is 1. The number of nitrogens with one attached hydrogen (secondary N) is 1. The Morgan fingerprint density at radius 2 is 2.05 bits per heavy atom. The van der Waals surface area contributed by atoms with Gasteiger partial charge in [0.2, 0.25) is 0 Å². The van der Waals surface area contributed by atoms with Crippen LogP contribution < -0.4 is 10.1 Å². The Morgan fingerprint density at radius 3 is 2.68 bits per heavy atom. The first kappa shape index (κ1) is 14.2. The van der Waals surface area contributed by atoms with Crippen molar-refractivity contribution in [2.45, 2.75) is 6.54 Å². The number of methoxy groups -OCH3 is 1. The zero-order valence-corrected chi connectivity index (χ0v) is 12.6. The number of hydrogen-bond acceptors (Lipinski definition) is 2. The molecular formula is C14H12BrClFNO. The third kappa shape index (κ3) is 3.61. The fourth-order valence-corrected chi connectivity index (χ4v) is 2.34. The molecule has 0 aromatic heterocycles. The Hall–Kier alpha value is -1.26. The highest BCUT2D eigenvalue weighted by Crippen LogP contribution is 2.28. The first-order valence-electron chi connectivity index (χ1n) is 5.61. The second kappa shape index (κ2) is 6.26. The van der Waals surface area contributed by atoms with Crippen LogP contribution in [0.2, 0.25) is 5.02 Å². The standard InChI is InChI=1S/C14H12BrClFNO/c1-19-14-5-4-11(7-12(14)15)18-8-9-2-3-10(16)6-13(9)17/h2-7,18H,8H2,1H3. The molecule has 0 saturated carbocycles. The molecule has 0 aliphatic carbocycles. The normalized spacial score (nSPS) is 10.3. The third-order valence-electron chi connectivity index (χ3n) is 2.65. The second-order valence-corrected chi connectivity index (χ2v) is 5.23. The molecule has 100 valence electrons. The molecule has 19 heavy (non-hydrogen) atoms.